The van der Waals surface area contributed by atoms with E-state index in [0.29, 0.717) is 22.2 Å². The van der Waals surface area contributed by atoms with Crippen LogP contribution < -0.4 is 0 Å². The molecule has 4 aromatic rings. The molecule has 35 heavy (non-hydrogen) atoms. The van der Waals surface area contributed by atoms with Crippen LogP contribution in [0.2, 0.25) is 16.6 Å². The molecular formula is C30H31N3SSi. The number of rotatable bonds is 5. The molecule has 0 spiro atoms. The average Bonchev–Trinajstić information content (AvgIpc) is 3.33. The summed E-state index contributed by atoms with van der Waals surface area (Å²) in [6.45, 7) is 14.0. The van der Waals surface area contributed by atoms with Gasteiger partial charge in [-0.2, -0.15) is 5.26 Å². The topological polar surface area (TPSA) is 49.6 Å². The predicted octanol–water partition coefficient (Wildman–Crippen LogP) is 8.47. The van der Waals surface area contributed by atoms with Crippen molar-refractivity contribution in [2.24, 2.45) is 0 Å². The highest BCUT2D eigenvalue weighted by Crippen LogP contribution is 2.41. The molecule has 0 atom stereocenters. The summed E-state index contributed by atoms with van der Waals surface area (Å²) in [4.78, 5) is 12.2. The number of nitriles is 1. The number of aromatic nitrogens is 2. The van der Waals surface area contributed by atoms with Gasteiger partial charge in [0.2, 0.25) is 0 Å². The number of fused-ring (bicyclic) bond motifs is 1. The molecule has 0 N–H and O–H groups in total. The summed E-state index contributed by atoms with van der Waals surface area (Å²) in [7, 11) is -1.91. The van der Waals surface area contributed by atoms with Crippen molar-refractivity contribution in [1.82, 2.24) is 9.97 Å². The highest BCUT2D eigenvalue weighted by Gasteiger charge is 2.41. The van der Waals surface area contributed by atoms with Crippen molar-refractivity contribution in [3.8, 4) is 38.5 Å². The van der Waals surface area contributed by atoms with Crippen molar-refractivity contribution >= 4 is 30.4 Å². The molecule has 0 aliphatic heterocycles. The van der Waals surface area contributed by atoms with Gasteiger partial charge in [0.15, 0.2) is 0 Å². The standard InChI is InChI=1S/C30H31N3SSi/c1-20(2)35(21(3)4,22(5)6)18-17-27-30(33-26-10-8-7-9-25(26)32-27)29-16-15-28(34-29)24-13-11-23(19-31)12-14-24/h7-16,20-22H,1-6H3. The lowest BCUT2D eigenvalue weighted by molar-refractivity contribution is 0.838. The van der Waals surface area contributed by atoms with E-state index in [1.165, 1.54) is 0 Å². The van der Waals surface area contributed by atoms with Crippen LogP contribution in [-0.4, -0.2) is 18.0 Å². The smallest absolute Gasteiger partial charge is 0.146 e. The van der Waals surface area contributed by atoms with Crippen LogP contribution >= 0.6 is 11.3 Å². The zero-order valence-electron chi connectivity index (χ0n) is 21.3. The van der Waals surface area contributed by atoms with E-state index in [-0.39, 0.29) is 0 Å². The van der Waals surface area contributed by atoms with Gasteiger partial charge in [-0.05, 0) is 58.6 Å². The maximum Gasteiger partial charge on any atom is 0.146 e. The number of benzene rings is 2. The molecule has 4 rings (SSSR count). The van der Waals surface area contributed by atoms with Crippen LogP contribution in [0, 0.1) is 22.8 Å². The third kappa shape index (κ3) is 4.80. The summed E-state index contributed by atoms with van der Waals surface area (Å²) in [5, 5.41) is 9.11. The largest absolute Gasteiger partial charge is 0.242 e. The van der Waals surface area contributed by atoms with Crippen molar-refractivity contribution in [1.29, 1.82) is 5.26 Å². The van der Waals surface area contributed by atoms with Crippen LogP contribution in [0.15, 0.2) is 60.7 Å². The monoisotopic (exact) mass is 493 g/mol. The molecule has 0 amide bonds. The minimum absolute atomic E-state index is 0.552. The van der Waals surface area contributed by atoms with Gasteiger partial charge in [-0.3, -0.25) is 0 Å². The Morgan fingerprint density at radius 1 is 0.743 bits per heavy atom. The van der Waals surface area contributed by atoms with Crippen LogP contribution in [0.5, 0.6) is 0 Å². The van der Waals surface area contributed by atoms with Crippen LogP contribution in [0.1, 0.15) is 52.8 Å². The van der Waals surface area contributed by atoms with Gasteiger partial charge in [-0.25, -0.2) is 9.97 Å². The Balaban J connectivity index is 1.86. The van der Waals surface area contributed by atoms with E-state index in [9.17, 15) is 0 Å². The Labute approximate surface area is 213 Å². The van der Waals surface area contributed by atoms with Crippen LogP contribution in [0.25, 0.3) is 32.0 Å². The summed E-state index contributed by atoms with van der Waals surface area (Å²) in [6.07, 6.45) is 0. The summed E-state index contributed by atoms with van der Waals surface area (Å²) >= 11 is 1.69. The van der Waals surface area contributed by atoms with Crippen LogP contribution in [-0.2, 0) is 0 Å². The number of thiophene rings is 1. The minimum atomic E-state index is -1.91. The third-order valence-corrected chi connectivity index (χ3v) is 14.4. The maximum absolute atomic E-state index is 9.11. The van der Waals surface area contributed by atoms with Crippen molar-refractivity contribution in [3.63, 3.8) is 0 Å². The van der Waals surface area contributed by atoms with Crippen LogP contribution in [0.4, 0.5) is 0 Å². The fourth-order valence-electron chi connectivity index (χ4n) is 5.19. The fourth-order valence-corrected chi connectivity index (χ4v) is 11.4. The first-order valence-corrected chi connectivity index (χ1v) is 15.2. The molecule has 0 saturated carbocycles. The lowest BCUT2D eigenvalue weighted by atomic mass is 10.1. The highest BCUT2D eigenvalue weighted by atomic mass is 32.1. The van der Waals surface area contributed by atoms with Gasteiger partial charge in [-0.1, -0.05) is 71.7 Å². The van der Waals surface area contributed by atoms with Crippen molar-refractivity contribution in [2.75, 3.05) is 0 Å². The van der Waals surface area contributed by atoms with E-state index >= 15 is 0 Å². The molecule has 176 valence electrons. The molecule has 0 unspecified atom stereocenters. The Morgan fingerprint density at radius 3 is 1.89 bits per heavy atom. The first-order chi connectivity index (χ1) is 16.8. The molecule has 0 saturated heterocycles. The van der Waals surface area contributed by atoms with E-state index in [1.54, 1.807) is 11.3 Å². The SMILES string of the molecule is CC(C)[Si](C#Cc1nc2ccccc2nc1-c1ccc(-c2ccc(C#N)cc2)s1)(C(C)C)C(C)C. The second kappa shape index (κ2) is 10.2. The summed E-state index contributed by atoms with van der Waals surface area (Å²) in [6, 6.07) is 22.1. The lowest BCUT2D eigenvalue weighted by Crippen LogP contribution is -2.43. The number of hydrogen-bond acceptors (Lipinski definition) is 4. The number of para-hydroxylation sites is 2. The molecule has 0 radical (unpaired) electrons. The van der Waals surface area contributed by atoms with Gasteiger partial charge in [0, 0.05) is 4.88 Å². The highest BCUT2D eigenvalue weighted by molar-refractivity contribution is 7.18. The van der Waals surface area contributed by atoms with Gasteiger partial charge in [0.1, 0.15) is 19.5 Å². The molecular weight excluding hydrogens is 463 g/mol. The Kier molecular flexibility index (Phi) is 7.22. The molecule has 0 bridgehead atoms. The van der Waals surface area contributed by atoms with E-state index in [4.69, 9.17) is 15.2 Å². The van der Waals surface area contributed by atoms with Crippen LogP contribution in [0.3, 0.4) is 0 Å². The van der Waals surface area contributed by atoms with Gasteiger partial charge in [0.05, 0.1) is 27.5 Å². The quantitative estimate of drug-likeness (QED) is 0.207. The van der Waals surface area contributed by atoms with E-state index in [1.807, 2.05) is 48.5 Å². The fraction of sp³-hybridized carbons (Fsp3) is 0.300. The van der Waals surface area contributed by atoms with Gasteiger partial charge in [-0.15, -0.1) is 16.9 Å². The van der Waals surface area contributed by atoms with Gasteiger partial charge < -0.3 is 0 Å². The Hall–Kier alpha value is -3.25. The number of hydrogen-bond donors (Lipinski definition) is 0. The van der Waals surface area contributed by atoms with Gasteiger partial charge in [0.25, 0.3) is 0 Å². The zero-order chi connectivity index (χ0) is 25.2. The Morgan fingerprint density at radius 2 is 1.31 bits per heavy atom. The predicted molar refractivity (Wildman–Crippen MR) is 151 cm³/mol. The maximum atomic E-state index is 9.11. The molecule has 0 fully saturated rings. The molecule has 2 aromatic heterocycles. The first-order valence-electron chi connectivity index (χ1n) is 12.2. The van der Waals surface area contributed by atoms with Crippen molar-refractivity contribution in [3.05, 3.63) is 71.9 Å². The third-order valence-electron chi connectivity index (χ3n) is 6.97. The van der Waals surface area contributed by atoms with Gasteiger partial charge >= 0.3 is 0 Å². The zero-order valence-corrected chi connectivity index (χ0v) is 23.1. The van der Waals surface area contributed by atoms with Crippen molar-refractivity contribution < 1.29 is 0 Å². The first kappa shape index (κ1) is 24.9. The average molecular weight is 494 g/mol. The molecule has 3 nitrogen and oxygen atoms in total. The van der Waals surface area contributed by atoms with E-state index < -0.39 is 8.07 Å². The minimum Gasteiger partial charge on any atom is -0.242 e. The second-order valence-corrected chi connectivity index (χ2v) is 16.6. The lowest BCUT2D eigenvalue weighted by Gasteiger charge is -2.38. The summed E-state index contributed by atoms with van der Waals surface area (Å²) in [5.74, 6) is 3.56. The Bertz CT molecular complexity index is 1430. The normalized spacial score (nSPS) is 11.7. The summed E-state index contributed by atoms with van der Waals surface area (Å²) in [5.41, 5.74) is 10.6. The summed E-state index contributed by atoms with van der Waals surface area (Å²) < 4.78 is 0. The molecule has 0 aliphatic rings. The molecule has 0 aliphatic carbocycles. The second-order valence-electron chi connectivity index (χ2n) is 9.91. The molecule has 2 aromatic carbocycles. The number of nitrogens with zero attached hydrogens (tertiary/aromatic N) is 3. The van der Waals surface area contributed by atoms with Crippen molar-refractivity contribution in [2.45, 2.75) is 58.2 Å². The molecule has 2 heterocycles. The van der Waals surface area contributed by atoms with E-state index in [0.717, 1.165) is 37.7 Å². The molecule has 5 heteroatoms. The van der Waals surface area contributed by atoms with E-state index in [2.05, 4.69) is 71.2 Å².